The predicted octanol–water partition coefficient (Wildman–Crippen LogP) is 8.28. The zero-order chi connectivity index (χ0) is 51.0. The van der Waals surface area contributed by atoms with Crippen LogP contribution in [-0.2, 0) is 43.0 Å². The number of hydrogen-bond donors (Lipinski definition) is 1. The van der Waals surface area contributed by atoms with Crippen molar-refractivity contribution in [2.24, 2.45) is 23.7 Å². The highest BCUT2D eigenvalue weighted by atomic mass is 16.6. The van der Waals surface area contributed by atoms with Gasteiger partial charge in [0.05, 0.1) is 35.0 Å². The van der Waals surface area contributed by atoms with Crippen LogP contribution in [0.15, 0.2) is 92.0 Å². The van der Waals surface area contributed by atoms with Crippen LogP contribution in [0.2, 0.25) is 0 Å². The van der Waals surface area contributed by atoms with Gasteiger partial charge < -0.3 is 62.5 Å². The zero-order valence-corrected chi connectivity index (χ0v) is 40.2. The molecule has 0 aromatic heterocycles. The standard InChI is InChI=1S/C14H20O5.C10H10O3.C9H11NO2.2C8H12O2.C3H4O/c1-4-14(15)19-13(9-16-2)10-18-12-7-5-11(17-3)6-8-12;1-3-10(11)13-9-6-4-8(12-2)5-7-9;1-11-8-3-4-9(12-2)7(5-8)6-10;2*9-5-7-1-2-8(6-10)4-3-7;1-2-3-4/h5-8,13H,4,9-10H2,1-3H3;3-7H,1H2,2H3;3-6,10H,1-2H3;2*5-8H,1-4H2;2-3H,1H2. The molecule has 0 saturated heterocycles. The highest BCUT2D eigenvalue weighted by Crippen LogP contribution is 2.27. The van der Waals surface area contributed by atoms with Crippen LogP contribution in [-0.4, -0.2) is 104 Å². The Bertz CT molecular complexity index is 1830. The monoisotopic (exact) mass is 947 g/mol. The van der Waals surface area contributed by atoms with E-state index in [1.165, 1.54) is 12.3 Å². The second-order valence-electron chi connectivity index (χ2n) is 14.7. The van der Waals surface area contributed by atoms with E-state index in [0.717, 1.165) is 105 Å². The summed E-state index contributed by atoms with van der Waals surface area (Å²) in [5, 5.41) is 7.10. The van der Waals surface area contributed by atoms with Crippen molar-refractivity contribution in [3.8, 4) is 34.5 Å². The van der Waals surface area contributed by atoms with Crippen molar-refractivity contribution in [3.63, 3.8) is 0 Å². The summed E-state index contributed by atoms with van der Waals surface area (Å²) in [6.07, 6.45) is 15.5. The number of rotatable bonds is 19. The van der Waals surface area contributed by atoms with Gasteiger partial charge in [-0.25, -0.2) is 4.79 Å². The molecule has 0 heterocycles. The zero-order valence-electron chi connectivity index (χ0n) is 40.2. The normalized spacial score (nSPS) is 16.7. The van der Waals surface area contributed by atoms with Crippen molar-refractivity contribution in [2.45, 2.75) is 70.8 Å². The van der Waals surface area contributed by atoms with Gasteiger partial charge in [-0.15, -0.1) is 0 Å². The van der Waals surface area contributed by atoms with Crippen molar-refractivity contribution in [2.75, 3.05) is 48.8 Å². The van der Waals surface area contributed by atoms with E-state index in [2.05, 4.69) is 13.2 Å². The molecule has 0 spiro atoms. The number of carbonyl (C=O) groups is 7. The Kier molecular flexibility index (Phi) is 35.2. The Hall–Kier alpha value is -6.94. The molecule has 16 nitrogen and oxygen atoms in total. The molecule has 3 aromatic carbocycles. The molecule has 5 rings (SSSR count). The molecule has 1 unspecified atom stereocenters. The molecule has 1 N–H and O–H groups in total. The topological polar surface area (TPSA) is 217 Å². The van der Waals surface area contributed by atoms with Crippen LogP contribution in [0.3, 0.4) is 0 Å². The lowest BCUT2D eigenvalue weighted by Gasteiger charge is -2.20. The van der Waals surface area contributed by atoms with Crippen molar-refractivity contribution in [1.29, 1.82) is 5.41 Å². The van der Waals surface area contributed by atoms with E-state index in [1.807, 2.05) is 0 Å². The van der Waals surface area contributed by atoms with Crippen LogP contribution in [0.25, 0.3) is 0 Å². The Balaban J connectivity index is 0.000000824. The quantitative estimate of drug-likeness (QED) is 0.0393. The van der Waals surface area contributed by atoms with Crippen molar-refractivity contribution < 1.29 is 71.5 Å². The van der Waals surface area contributed by atoms with Crippen LogP contribution in [0.1, 0.15) is 70.3 Å². The predicted molar refractivity (Wildman–Crippen MR) is 258 cm³/mol. The lowest BCUT2D eigenvalue weighted by molar-refractivity contribution is -0.153. The molecule has 2 aliphatic rings. The summed E-state index contributed by atoms with van der Waals surface area (Å²) >= 11 is 0. The van der Waals surface area contributed by atoms with E-state index < -0.39 is 12.1 Å². The van der Waals surface area contributed by atoms with Crippen LogP contribution in [0.4, 0.5) is 0 Å². The summed E-state index contributed by atoms with van der Waals surface area (Å²) in [7, 11) is 7.91. The molecule has 0 bridgehead atoms. The summed E-state index contributed by atoms with van der Waals surface area (Å²) in [4.78, 5) is 72.1. The number of hydrogen-bond acceptors (Lipinski definition) is 16. The first kappa shape index (κ1) is 61.1. The maximum Gasteiger partial charge on any atom is 0.335 e. The van der Waals surface area contributed by atoms with Gasteiger partial charge in [0.2, 0.25) is 0 Å². The van der Waals surface area contributed by atoms with Gasteiger partial charge in [0.1, 0.15) is 72.5 Å². The second-order valence-corrected chi connectivity index (χ2v) is 14.7. The Labute approximate surface area is 400 Å². The molecule has 2 fully saturated rings. The fourth-order valence-electron chi connectivity index (χ4n) is 6.02. The Morgan fingerprint density at radius 2 is 1.00 bits per heavy atom. The first-order valence-electron chi connectivity index (χ1n) is 21.9. The van der Waals surface area contributed by atoms with E-state index in [4.69, 9.17) is 48.1 Å². The fraction of sp³-hybridized carbons (Fsp3) is 0.423. The molecule has 2 aliphatic carbocycles. The third-order valence-electron chi connectivity index (χ3n) is 9.97. The second kappa shape index (κ2) is 39.2. The van der Waals surface area contributed by atoms with Gasteiger partial charge in [0.15, 0.2) is 6.10 Å². The largest absolute Gasteiger partial charge is 0.497 e. The summed E-state index contributed by atoms with van der Waals surface area (Å²) < 4.78 is 40.6. The van der Waals surface area contributed by atoms with Gasteiger partial charge in [-0.05, 0) is 124 Å². The minimum atomic E-state index is -0.467. The van der Waals surface area contributed by atoms with Gasteiger partial charge in [0, 0.05) is 55.1 Å². The van der Waals surface area contributed by atoms with E-state index in [0.29, 0.717) is 36.6 Å². The smallest absolute Gasteiger partial charge is 0.335 e. The molecule has 372 valence electrons. The van der Waals surface area contributed by atoms with Gasteiger partial charge in [-0.2, -0.15) is 0 Å². The molecule has 0 aliphatic heterocycles. The molecular formula is C52H69NO15. The molecule has 1 atom stereocenters. The molecule has 2 saturated carbocycles. The van der Waals surface area contributed by atoms with Crippen molar-refractivity contribution in [3.05, 3.63) is 97.6 Å². The molecule has 3 aromatic rings. The average Bonchev–Trinajstić information content (AvgIpc) is 3.41. The van der Waals surface area contributed by atoms with Crippen LogP contribution >= 0.6 is 0 Å². The summed E-state index contributed by atoms with van der Waals surface area (Å²) in [6.45, 7) is 8.71. The lowest BCUT2D eigenvalue weighted by atomic mass is 9.84. The maximum absolute atomic E-state index is 11.2. The van der Waals surface area contributed by atoms with Gasteiger partial charge in [-0.1, -0.05) is 20.1 Å². The molecular weight excluding hydrogens is 879 g/mol. The Morgan fingerprint density at radius 1 is 0.603 bits per heavy atom. The molecule has 16 heteroatoms. The number of allylic oxidation sites excluding steroid dienone is 1. The minimum Gasteiger partial charge on any atom is -0.497 e. The highest BCUT2D eigenvalue weighted by molar-refractivity contribution is 5.83. The maximum atomic E-state index is 11.2. The first-order chi connectivity index (χ1) is 32.9. The van der Waals surface area contributed by atoms with Crippen LogP contribution < -0.4 is 28.4 Å². The van der Waals surface area contributed by atoms with Gasteiger partial charge in [0.25, 0.3) is 0 Å². The third kappa shape index (κ3) is 27.5. The van der Waals surface area contributed by atoms with Crippen LogP contribution in [0.5, 0.6) is 34.5 Å². The fourth-order valence-corrected chi connectivity index (χ4v) is 6.02. The van der Waals surface area contributed by atoms with E-state index in [9.17, 15) is 28.8 Å². The summed E-state index contributed by atoms with van der Waals surface area (Å²) in [6, 6.07) is 19.3. The number of carbonyl (C=O) groups excluding carboxylic acids is 7. The van der Waals surface area contributed by atoms with Crippen LogP contribution in [0, 0.1) is 29.1 Å². The highest BCUT2D eigenvalue weighted by Gasteiger charge is 2.20. The SMILES string of the molecule is C=CC(=O)Oc1ccc(OC)cc1.C=CC=O.CCC(=O)OC(COC)COc1ccc(OC)cc1.COc1ccc(OC)c(C=N)c1.O=CC1CCC(C=O)CC1.O=CC1CCC(C=O)CC1. The minimum absolute atomic E-state index is 0.233. The number of aldehydes is 5. The van der Waals surface area contributed by atoms with Gasteiger partial charge in [-0.3, -0.25) is 9.59 Å². The summed E-state index contributed by atoms with van der Waals surface area (Å²) in [5.74, 6) is 4.27. The van der Waals surface area contributed by atoms with Crippen molar-refractivity contribution in [1.82, 2.24) is 0 Å². The number of benzene rings is 3. The number of esters is 2. The van der Waals surface area contributed by atoms with E-state index >= 15 is 0 Å². The molecule has 0 amide bonds. The van der Waals surface area contributed by atoms with Gasteiger partial charge >= 0.3 is 11.9 Å². The Morgan fingerprint density at radius 3 is 1.32 bits per heavy atom. The van der Waals surface area contributed by atoms with E-state index in [-0.39, 0.29) is 36.2 Å². The average molecular weight is 948 g/mol. The number of methoxy groups -OCH3 is 5. The summed E-state index contributed by atoms with van der Waals surface area (Å²) in [5.41, 5.74) is 0.719. The number of ether oxygens (including phenoxy) is 8. The lowest BCUT2D eigenvalue weighted by Crippen LogP contribution is -2.29. The molecule has 68 heavy (non-hydrogen) atoms. The van der Waals surface area contributed by atoms with E-state index in [1.54, 1.807) is 109 Å². The number of nitrogens with one attached hydrogen (secondary N) is 1. The van der Waals surface area contributed by atoms with Crippen molar-refractivity contribution >= 4 is 49.6 Å². The first-order valence-corrected chi connectivity index (χ1v) is 21.9. The third-order valence-corrected chi connectivity index (χ3v) is 9.97. The molecule has 0 radical (unpaired) electrons.